The molecule has 0 amide bonds. The van der Waals surface area contributed by atoms with Crippen molar-refractivity contribution in [3.8, 4) is 22.5 Å². The molecular weight excluding hydrogens is 560 g/mol. The van der Waals surface area contributed by atoms with E-state index in [4.69, 9.17) is 4.98 Å². The summed E-state index contributed by atoms with van der Waals surface area (Å²) in [6, 6.07) is 43.0. The van der Waals surface area contributed by atoms with Crippen LogP contribution >= 0.6 is 0 Å². The first-order valence-corrected chi connectivity index (χ1v) is 16.2. The van der Waals surface area contributed by atoms with E-state index in [9.17, 15) is 0 Å². The molecule has 0 saturated heterocycles. The summed E-state index contributed by atoms with van der Waals surface area (Å²) in [4.78, 5) is 9.85. The molecule has 2 aromatic heterocycles. The Labute approximate surface area is 270 Å². The number of fused-ring (bicyclic) bond motifs is 8. The normalized spacial score (nSPS) is 21.7. The number of likely N-dealkylation sites (N-methyl/N-ethyl adjacent to an activating group) is 1. The lowest BCUT2D eigenvalue weighted by atomic mass is 9.78. The molecule has 46 heavy (non-hydrogen) atoms. The third-order valence-electron chi connectivity index (χ3n) is 10.1. The maximum Gasteiger partial charge on any atom is 0.226 e. The molecule has 9 rings (SSSR count). The summed E-state index contributed by atoms with van der Waals surface area (Å²) >= 11 is 0. The number of aromatic nitrogens is 2. The van der Waals surface area contributed by atoms with E-state index >= 15 is 0 Å². The number of rotatable bonds is 2. The van der Waals surface area contributed by atoms with Gasteiger partial charge in [0.25, 0.3) is 0 Å². The third-order valence-corrected chi connectivity index (χ3v) is 10.1. The number of aryl methyl sites for hydroxylation is 1. The van der Waals surface area contributed by atoms with Crippen LogP contribution in [0.25, 0.3) is 39.5 Å². The summed E-state index contributed by atoms with van der Waals surface area (Å²) in [5.74, 6) is 0.350. The Morgan fingerprint density at radius 3 is 2.22 bits per heavy atom. The molecule has 3 unspecified atom stereocenters. The van der Waals surface area contributed by atoms with E-state index in [1.54, 1.807) is 0 Å². The molecule has 1 aliphatic carbocycles. The largest absolute Gasteiger partial charge is 0.373 e. The molecule has 0 spiro atoms. The fraction of sp³-hybridized carbons (Fsp3) is 0.143. The zero-order valence-corrected chi connectivity index (χ0v) is 26.0. The van der Waals surface area contributed by atoms with Crippen molar-refractivity contribution >= 4 is 22.7 Å². The van der Waals surface area contributed by atoms with E-state index in [1.807, 2.05) is 6.20 Å². The van der Waals surface area contributed by atoms with Gasteiger partial charge in [-0.3, -0.25) is 4.98 Å². The van der Waals surface area contributed by atoms with Gasteiger partial charge in [0.1, 0.15) is 0 Å². The monoisotopic (exact) mass is 595 g/mol. The molecule has 2 aliphatic heterocycles. The number of nitrogens with zero attached hydrogens (tertiary/aromatic N) is 4. The molecule has 1 saturated carbocycles. The first-order valence-electron chi connectivity index (χ1n) is 16.2. The topological polar surface area (TPSA) is 23.2 Å². The lowest BCUT2D eigenvalue weighted by molar-refractivity contribution is -0.555. The molecule has 222 valence electrons. The first kappa shape index (κ1) is 26.9. The van der Waals surface area contributed by atoms with Crippen LogP contribution in [0.1, 0.15) is 28.2 Å². The quantitative estimate of drug-likeness (QED) is 0.188. The van der Waals surface area contributed by atoms with Gasteiger partial charge in [0.2, 0.25) is 5.69 Å². The zero-order valence-electron chi connectivity index (χ0n) is 26.0. The summed E-state index contributed by atoms with van der Waals surface area (Å²) in [7, 11) is 2.21. The minimum Gasteiger partial charge on any atom is -0.373 e. The van der Waals surface area contributed by atoms with Crippen LogP contribution in [0.5, 0.6) is 0 Å². The lowest BCUT2D eigenvalue weighted by Crippen LogP contribution is -2.33. The van der Waals surface area contributed by atoms with Crippen LogP contribution in [0.15, 0.2) is 146 Å². The van der Waals surface area contributed by atoms with Crippen molar-refractivity contribution < 1.29 is 4.57 Å². The minimum atomic E-state index is -0.0498. The Hall–Kier alpha value is -5.48. The Balaban J connectivity index is 1.40. The van der Waals surface area contributed by atoms with Crippen LogP contribution in [-0.4, -0.2) is 29.0 Å². The average molecular weight is 596 g/mol. The average Bonchev–Trinajstić information content (AvgIpc) is 3.83. The van der Waals surface area contributed by atoms with Crippen molar-refractivity contribution in [1.29, 1.82) is 0 Å². The summed E-state index contributed by atoms with van der Waals surface area (Å²) in [5.41, 5.74) is 10.8. The molecule has 0 bridgehead atoms. The molecule has 4 atom stereocenters. The summed E-state index contributed by atoms with van der Waals surface area (Å²) in [6.07, 6.45) is 13.5. The zero-order chi connectivity index (χ0) is 30.8. The van der Waals surface area contributed by atoms with E-state index in [0.717, 1.165) is 16.8 Å². The van der Waals surface area contributed by atoms with Crippen LogP contribution in [0, 0.1) is 12.8 Å². The highest BCUT2D eigenvalue weighted by atomic mass is 15.3. The fourth-order valence-corrected chi connectivity index (χ4v) is 7.88. The van der Waals surface area contributed by atoms with Gasteiger partial charge in [-0.1, -0.05) is 84.9 Å². The second kappa shape index (κ2) is 10.6. The van der Waals surface area contributed by atoms with Crippen LogP contribution in [0.4, 0.5) is 5.69 Å². The van der Waals surface area contributed by atoms with Crippen molar-refractivity contribution in [2.75, 3.05) is 11.9 Å². The number of benzene rings is 4. The lowest BCUT2D eigenvalue weighted by Gasteiger charge is -2.33. The van der Waals surface area contributed by atoms with Crippen LogP contribution in [0.2, 0.25) is 0 Å². The minimum absolute atomic E-state index is 0.0498. The summed E-state index contributed by atoms with van der Waals surface area (Å²) in [5, 5.41) is 2.48. The van der Waals surface area contributed by atoms with Crippen molar-refractivity contribution in [2.45, 2.75) is 24.9 Å². The number of hydrogen-bond donors (Lipinski definition) is 0. The van der Waals surface area contributed by atoms with Gasteiger partial charge in [-0.2, -0.15) is 4.57 Å². The molecule has 4 heterocycles. The van der Waals surface area contributed by atoms with Crippen molar-refractivity contribution in [2.24, 2.45) is 5.92 Å². The fourth-order valence-electron chi connectivity index (χ4n) is 7.88. The maximum atomic E-state index is 4.93. The van der Waals surface area contributed by atoms with Crippen LogP contribution < -0.4 is 9.47 Å². The molecule has 1 fully saturated rings. The second-order valence-corrected chi connectivity index (χ2v) is 12.8. The van der Waals surface area contributed by atoms with E-state index in [2.05, 4.69) is 174 Å². The predicted octanol–water partition coefficient (Wildman–Crippen LogP) is 8.42. The number of hydrogen-bond acceptors (Lipinski definition) is 3. The van der Waals surface area contributed by atoms with Gasteiger partial charge in [-0.25, -0.2) is 0 Å². The van der Waals surface area contributed by atoms with E-state index < -0.39 is 0 Å². The Morgan fingerprint density at radius 2 is 1.39 bits per heavy atom. The summed E-state index contributed by atoms with van der Waals surface area (Å²) in [6.45, 7) is 2.10. The van der Waals surface area contributed by atoms with Gasteiger partial charge in [0.15, 0.2) is 12.4 Å². The molecule has 4 nitrogen and oxygen atoms in total. The van der Waals surface area contributed by atoms with Crippen molar-refractivity contribution in [3.05, 3.63) is 168 Å². The predicted molar refractivity (Wildman–Crippen MR) is 187 cm³/mol. The van der Waals surface area contributed by atoms with Crippen LogP contribution in [-0.2, 0) is 0 Å². The first-order chi connectivity index (χ1) is 22.7. The van der Waals surface area contributed by atoms with Crippen LogP contribution in [0.3, 0.4) is 0 Å². The third kappa shape index (κ3) is 4.21. The molecule has 3 aliphatic rings. The van der Waals surface area contributed by atoms with Crippen molar-refractivity contribution in [3.63, 3.8) is 0 Å². The number of para-hydroxylation sites is 1. The second-order valence-electron chi connectivity index (χ2n) is 12.8. The Bertz CT molecular complexity index is 2180. The Kier molecular flexibility index (Phi) is 6.17. The molecule has 0 N–H and O–H groups in total. The van der Waals surface area contributed by atoms with Gasteiger partial charge < -0.3 is 9.80 Å². The van der Waals surface area contributed by atoms with E-state index in [0.29, 0.717) is 18.0 Å². The van der Waals surface area contributed by atoms with Gasteiger partial charge in [0.05, 0.1) is 28.7 Å². The highest BCUT2D eigenvalue weighted by Gasteiger charge is 2.56. The van der Waals surface area contributed by atoms with Gasteiger partial charge in [-0.05, 0) is 64.9 Å². The Morgan fingerprint density at radius 1 is 0.674 bits per heavy atom. The maximum absolute atomic E-state index is 4.93. The number of pyridine rings is 2. The smallest absolute Gasteiger partial charge is 0.226 e. The molecule has 0 radical (unpaired) electrons. The SMILES string of the molecule is Cc1ccc(-c2ccccc2C2c3ccccc3-c3c4ccccc4cc[n+]3/C=C/C3C4[C@@H]3N(C=CN4C)c3ccccc32)nc1. The standard InChI is InChI=1S/C42H35N4/c1-28-19-20-37(43-27-28)31-13-5-6-14-32(31)39-33-15-7-8-16-34(33)40-30-12-4-3-11-29(30)21-23-45(40)24-22-36-41-42(36)46(26-25-44(41)2)38-18-10-9-17-35(38)39/h3-27,36,39,41-42H,1-2H3/q+1/b24-22+/t36?,39?,41?,42-/m1/s1. The van der Waals surface area contributed by atoms with Gasteiger partial charge in [-0.15, -0.1) is 0 Å². The molecule has 4 aromatic carbocycles. The molecule has 6 aromatic rings. The highest BCUT2D eigenvalue weighted by Crippen LogP contribution is 2.50. The highest BCUT2D eigenvalue weighted by molar-refractivity contribution is 5.94. The van der Waals surface area contributed by atoms with E-state index in [1.165, 1.54) is 44.4 Å². The molecule has 4 heteroatoms. The number of anilines is 1. The van der Waals surface area contributed by atoms with Gasteiger partial charge in [0, 0.05) is 54.8 Å². The van der Waals surface area contributed by atoms with Gasteiger partial charge >= 0.3 is 0 Å². The summed E-state index contributed by atoms with van der Waals surface area (Å²) < 4.78 is 2.35. The molecular formula is C42H35N4+. The van der Waals surface area contributed by atoms with E-state index in [-0.39, 0.29) is 5.92 Å². The van der Waals surface area contributed by atoms with Crippen molar-refractivity contribution in [1.82, 2.24) is 9.88 Å².